The monoisotopic (exact) mass is 326 g/mol. The summed E-state index contributed by atoms with van der Waals surface area (Å²) in [7, 11) is 2.14. The van der Waals surface area contributed by atoms with Crippen molar-refractivity contribution < 1.29 is 9.90 Å². The molecule has 2 N–H and O–H groups in total. The lowest BCUT2D eigenvalue weighted by Gasteiger charge is -2.33. The summed E-state index contributed by atoms with van der Waals surface area (Å²) in [5.41, 5.74) is 2.29. The Labute approximate surface area is 141 Å². The second kappa shape index (κ2) is 7.31. The molecule has 1 aromatic carbocycles. The van der Waals surface area contributed by atoms with Gasteiger partial charge in [-0.1, -0.05) is 12.1 Å². The van der Waals surface area contributed by atoms with Gasteiger partial charge in [0.15, 0.2) is 0 Å². The minimum atomic E-state index is -0.904. The van der Waals surface area contributed by atoms with E-state index < -0.39 is 5.97 Å². The van der Waals surface area contributed by atoms with Crippen molar-refractivity contribution in [2.75, 3.05) is 43.4 Å². The summed E-state index contributed by atoms with van der Waals surface area (Å²) in [4.78, 5) is 20.0. The van der Waals surface area contributed by atoms with Crippen molar-refractivity contribution in [2.24, 2.45) is 0 Å². The van der Waals surface area contributed by atoms with Crippen LogP contribution in [0, 0.1) is 0 Å². The second-order valence-corrected chi connectivity index (χ2v) is 6.05. The summed E-state index contributed by atoms with van der Waals surface area (Å²) in [5, 5.41) is 12.2. The molecule has 2 aromatic rings. The third-order valence-electron chi connectivity index (χ3n) is 4.27. The zero-order valence-electron chi connectivity index (χ0n) is 13.8. The average molecular weight is 326 g/mol. The number of aromatic carboxylic acids is 1. The molecule has 0 saturated carbocycles. The molecule has 126 valence electrons. The van der Waals surface area contributed by atoms with Crippen molar-refractivity contribution in [3.63, 3.8) is 0 Å². The summed E-state index contributed by atoms with van der Waals surface area (Å²) in [6.07, 6.45) is 1.85. The van der Waals surface area contributed by atoms with Crippen molar-refractivity contribution in [2.45, 2.75) is 6.54 Å². The highest BCUT2D eigenvalue weighted by atomic mass is 16.4. The van der Waals surface area contributed by atoms with Crippen LogP contribution in [0.1, 0.15) is 15.9 Å². The summed E-state index contributed by atoms with van der Waals surface area (Å²) < 4.78 is 0. The van der Waals surface area contributed by atoms with Gasteiger partial charge in [-0.3, -0.25) is 0 Å². The number of anilines is 2. The Bertz CT molecular complexity index is 677. The Morgan fingerprint density at radius 1 is 1.12 bits per heavy atom. The topological polar surface area (TPSA) is 68.7 Å². The summed E-state index contributed by atoms with van der Waals surface area (Å²) >= 11 is 0. The predicted octanol–water partition coefficient (Wildman–Crippen LogP) is 2.14. The molecule has 6 nitrogen and oxygen atoms in total. The molecule has 2 heterocycles. The predicted molar refractivity (Wildman–Crippen MR) is 94.7 cm³/mol. The van der Waals surface area contributed by atoms with Crippen LogP contribution in [0.15, 0.2) is 42.6 Å². The van der Waals surface area contributed by atoms with E-state index in [1.807, 2.05) is 30.5 Å². The maximum atomic E-state index is 10.8. The minimum absolute atomic E-state index is 0.303. The minimum Gasteiger partial charge on any atom is -0.478 e. The molecule has 0 atom stereocenters. The summed E-state index contributed by atoms with van der Waals surface area (Å²) in [6, 6.07) is 11.0. The number of aromatic nitrogens is 1. The smallest absolute Gasteiger partial charge is 0.335 e. The molecular weight excluding hydrogens is 304 g/mol. The van der Waals surface area contributed by atoms with Gasteiger partial charge in [-0.2, -0.15) is 0 Å². The van der Waals surface area contributed by atoms with E-state index in [9.17, 15) is 4.79 Å². The fourth-order valence-corrected chi connectivity index (χ4v) is 2.68. The highest BCUT2D eigenvalue weighted by Crippen LogP contribution is 2.16. The largest absolute Gasteiger partial charge is 0.478 e. The van der Waals surface area contributed by atoms with Crippen LogP contribution in [-0.2, 0) is 6.54 Å². The van der Waals surface area contributed by atoms with Gasteiger partial charge in [0.05, 0.1) is 17.4 Å². The Morgan fingerprint density at radius 3 is 2.42 bits per heavy atom. The quantitative estimate of drug-likeness (QED) is 0.877. The highest BCUT2D eigenvalue weighted by Gasteiger charge is 2.14. The third kappa shape index (κ3) is 4.02. The van der Waals surface area contributed by atoms with E-state index in [1.54, 1.807) is 12.1 Å². The van der Waals surface area contributed by atoms with E-state index in [1.165, 1.54) is 0 Å². The molecule has 0 bridgehead atoms. The lowest BCUT2D eigenvalue weighted by Crippen LogP contribution is -2.44. The highest BCUT2D eigenvalue weighted by molar-refractivity contribution is 5.87. The SMILES string of the molecule is CN1CCN(c2ccc(NCc3ccc(C(=O)O)cc3)cn2)CC1. The van der Waals surface area contributed by atoms with Crippen molar-refractivity contribution in [3.05, 3.63) is 53.7 Å². The number of pyridine rings is 1. The lowest BCUT2D eigenvalue weighted by atomic mass is 10.1. The number of likely N-dealkylation sites (N-methyl/N-ethyl adjacent to an activating group) is 1. The Balaban J connectivity index is 1.55. The molecule has 6 heteroatoms. The first-order valence-corrected chi connectivity index (χ1v) is 8.07. The van der Waals surface area contributed by atoms with E-state index in [0.29, 0.717) is 12.1 Å². The van der Waals surface area contributed by atoms with Crippen molar-refractivity contribution in [1.29, 1.82) is 0 Å². The Morgan fingerprint density at radius 2 is 1.83 bits per heavy atom. The first kappa shape index (κ1) is 16.3. The number of carboxylic acid groups (broad SMARTS) is 1. The number of nitrogens with one attached hydrogen (secondary N) is 1. The maximum Gasteiger partial charge on any atom is 0.335 e. The van der Waals surface area contributed by atoms with Gasteiger partial charge in [-0.15, -0.1) is 0 Å². The molecule has 0 radical (unpaired) electrons. The van der Waals surface area contributed by atoms with Gasteiger partial charge >= 0.3 is 5.97 Å². The van der Waals surface area contributed by atoms with Crippen LogP contribution in [0.25, 0.3) is 0 Å². The van der Waals surface area contributed by atoms with Gasteiger partial charge in [-0.05, 0) is 36.9 Å². The summed E-state index contributed by atoms with van der Waals surface area (Å²) in [5.74, 6) is 0.109. The molecule has 1 aliphatic rings. The van der Waals surface area contributed by atoms with E-state index in [2.05, 4.69) is 27.1 Å². The molecule has 1 aromatic heterocycles. The van der Waals surface area contributed by atoms with E-state index in [4.69, 9.17) is 5.11 Å². The zero-order chi connectivity index (χ0) is 16.9. The van der Waals surface area contributed by atoms with Crippen molar-refractivity contribution in [3.8, 4) is 0 Å². The van der Waals surface area contributed by atoms with Gasteiger partial charge in [-0.25, -0.2) is 9.78 Å². The molecular formula is C18H22N4O2. The van der Waals surface area contributed by atoms with Gasteiger partial charge in [0, 0.05) is 32.7 Å². The van der Waals surface area contributed by atoms with Crippen molar-refractivity contribution in [1.82, 2.24) is 9.88 Å². The Hall–Kier alpha value is -2.60. The van der Waals surface area contributed by atoms with Gasteiger partial charge in [0.25, 0.3) is 0 Å². The fourth-order valence-electron chi connectivity index (χ4n) is 2.68. The van der Waals surface area contributed by atoms with Crippen LogP contribution >= 0.6 is 0 Å². The Kier molecular flexibility index (Phi) is 4.96. The average Bonchev–Trinajstić information content (AvgIpc) is 2.61. The second-order valence-electron chi connectivity index (χ2n) is 6.05. The van der Waals surface area contributed by atoms with E-state index >= 15 is 0 Å². The maximum absolute atomic E-state index is 10.8. The van der Waals surface area contributed by atoms with E-state index in [-0.39, 0.29) is 0 Å². The van der Waals surface area contributed by atoms with Crippen LogP contribution in [-0.4, -0.2) is 54.2 Å². The summed E-state index contributed by atoms with van der Waals surface area (Å²) in [6.45, 7) is 4.77. The molecule has 0 spiro atoms. The molecule has 1 saturated heterocycles. The molecule has 0 aliphatic carbocycles. The molecule has 1 fully saturated rings. The van der Waals surface area contributed by atoms with Crippen LogP contribution < -0.4 is 10.2 Å². The first-order valence-electron chi connectivity index (χ1n) is 8.07. The van der Waals surface area contributed by atoms with Gasteiger partial charge in [0.2, 0.25) is 0 Å². The van der Waals surface area contributed by atoms with Crippen LogP contribution in [0.5, 0.6) is 0 Å². The number of rotatable bonds is 5. The molecule has 0 amide bonds. The number of benzene rings is 1. The molecule has 3 rings (SSSR count). The van der Waals surface area contributed by atoms with Crippen LogP contribution in [0.2, 0.25) is 0 Å². The number of hydrogen-bond donors (Lipinski definition) is 2. The number of nitrogens with zero attached hydrogens (tertiary/aromatic N) is 3. The van der Waals surface area contributed by atoms with Gasteiger partial charge < -0.3 is 20.2 Å². The normalized spacial score (nSPS) is 15.3. The first-order chi connectivity index (χ1) is 11.6. The third-order valence-corrected chi connectivity index (χ3v) is 4.27. The number of piperazine rings is 1. The number of hydrogen-bond acceptors (Lipinski definition) is 5. The number of carboxylic acids is 1. The molecule has 0 unspecified atom stereocenters. The lowest BCUT2D eigenvalue weighted by molar-refractivity contribution is 0.0697. The standard InChI is InChI=1S/C18H22N4O2/c1-21-8-10-22(11-9-21)17-7-6-16(13-20-17)19-12-14-2-4-15(5-3-14)18(23)24/h2-7,13,19H,8-12H2,1H3,(H,23,24). The van der Waals surface area contributed by atoms with E-state index in [0.717, 1.165) is 43.2 Å². The fraction of sp³-hybridized carbons (Fsp3) is 0.333. The molecule has 24 heavy (non-hydrogen) atoms. The molecule has 1 aliphatic heterocycles. The zero-order valence-corrected chi connectivity index (χ0v) is 13.8. The van der Waals surface area contributed by atoms with Crippen molar-refractivity contribution >= 4 is 17.5 Å². The van der Waals surface area contributed by atoms with Crippen LogP contribution in [0.3, 0.4) is 0 Å². The van der Waals surface area contributed by atoms with Crippen LogP contribution in [0.4, 0.5) is 11.5 Å². The van der Waals surface area contributed by atoms with Gasteiger partial charge in [0.1, 0.15) is 5.82 Å². The number of carbonyl (C=O) groups is 1.